The molecule has 3 amide bonds. The van der Waals surface area contributed by atoms with E-state index in [0.717, 1.165) is 5.56 Å². The Morgan fingerprint density at radius 3 is 2.23 bits per heavy atom. The van der Waals surface area contributed by atoms with Gasteiger partial charge in [-0.3, -0.25) is 9.59 Å². The minimum absolute atomic E-state index is 0.114. The van der Waals surface area contributed by atoms with Crippen LogP contribution in [0, 0.1) is 5.92 Å². The van der Waals surface area contributed by atoms with Crippen LogP contribution in [0.5, 0.6) is 0 Å². The Morgan fingerprint density at radius 1 is 1.10 bits per heavy atom. The van der Waals surface area contributed by atoms with Gasteiger partial charge < -0.3 is 25.0 Å². The fourth-order valence-corrected chi connectivity index (χ4v) is 2.92. The molecule has 2 N–H and O–H groups in total. The standard InChI is InChI=1S/C23H37N3O5/c1-16(2)20(25-19(27)15-30-7)21(28)24-14-18(13-17-11-9-8-10-12-17)26(6)22(29)31-23(3,4)5/h8-12,16,18,20H,13-15H2,1-7H3,(H,24,28)(H,25,27)/t18?,20-/m0/s1. The van der Waals surface area contributed by atoms with Gasteiger partial charge in [0.05, 0.1) is 6.04 Å². The molecule has 2 atom stereocenters. The van der Waals surface area contributed by atoms with Crippen LogP contribution in [0.4, 0.5) is 4.79 Å². The van der Waals surface area contributed by atoms with Crippen LogP contribution >= 0.6 is 0 Å². The van der Waals surface area contributed by atoms with E-state index in [1.165, 1.54) is 12.0 Å². The van der Waals surface area contributed by atoms with Gasteiger partial charge in [0.1, 0.15) is 18.2 Å². The number of nitrogens with one attached hydrogen (secondary N) is 2. The van der Waals surface area contributed by atoms with Gasteiger partial charge in [-0.2, -0.15) is 0 Å². The molecule has 0 aliphatic rings. The van der Waals surface area contributed by atoms with E-state index in [9.17, 15) is 14.4 Å². The first kappa shape index (κ1) is 26.4. The second-order valence-corrected chi connectivity index (χ2v) is 8.90. The molecule has 0 fully saturated rings. The zero-order chi connectivity index (χ0) is 23.6. The summed E-state index contributed by atoms with van der Waals surface area (Å²) in [6.45, 7) is 9.23. The molecule has 1 aromatic carbocycles. The average molecular weight is 436 g/mol. The Balaban J connectivity index is 2.91. The quantitative estimate of drug-likeness (QED) is 0.588. The van der Waals surface area contributed by atoms with Crippen molar-refractivity contribution in [2.24, 2.45) is 5.92 Å². The number of nitrogens with zero attached hydrogens (tertiary/aromatic N) is 1. The highest BCUT2D eigenvalue weighted by Crippen LogP contribution is 2.14. The lowest BCUT2D eigenvalue weighted by Crippen LogP contribution is -2.54. The molecule has 0 aliphatic carbocycles. The predicted molar refractivity (Wildman–Crippen MR) is 120 cm³/mol. The normalized spacial score (nSPS) is 13.3. The molecular weight excluding hydrogens is 398 g/mol. The third-order valence-corrected chi connectivity index (χ3v) is 4.60. The van der Waals surface area contributed by atoms with Crippen LogP contribution in [-0.4, -0.2) is 67.8 Å². The lowest BCUT2D eigenvalue weighted by Gasteiger charge is -2.31. The van der Waals surface area contributed by atoms with Crippen LogP contribution in [0.2, 0.25) is 0 Å². The first-order chi connectivity index (χ1) is 14.4. The van der Waals surface area contributed by atoms with E-state index >= 15 is 0 Å². The Kier molecular flexibility index (Phi) is 10.5. The number of rotatable bonds is 10. The van der Waals surface area contributed by atoms with E-state index in [1.54, 1.807) is 7.05 Å². The Morgan fingerprint density at radius 2 is 1.71 bits per heavy atom. The Bertz CT molecular complexity index is 716. The minimum atomic E-state index is -0.702. The molecule has 1 rings (SSSR count). The molecule has 0 heterocycles. The molecule has 0 spiro atoms. The number of carbonyl (C=O) groups excluding carboxylic acids is 3. The molecule has 0 aliphatic heterocycles. The predicted octanol–water partition coefficient (Wildman–Crippen LogP) is 2.37. The molecule has 1 aromatic rings. The SMILES string of the molecule is COCC(=O)N[C@H](C(=O)NCC(Cc1ccccc1)N(C)C(=O)OC(C)(C)C)C(C)C. The van der Waals surface area contributed by atoms with Crippen LogP contribution in [-0.2, 0) is 25.5 Å². The molecule has 1 unspecified atom stereocenters. The molecule has 174 valence electrons. The summed E-state index contributed by atoms with van der Waals surface area (Å²) in [7, 11) is 3.08. The highest BCUT2D eigenvalue weighted by atomic mass is 16.6. The number of carbonyl (C=O) groups is 3. The van der Waals surface area contributed by atoms with Gasteiger partial charge >= 0.3 is 6.09 Å². The third-order valence-electron chi connectivity index (χ3n) is 4.60. The highest BCUT2D eigenvalue weighted by molar-refractivity contribution is 5.88. The summed E-state index contributed by atoms with van der Waals surface area (Å²) < 4.78 is 10.3. The number of likely N-dealkylation sites (N-methyl/N-ethyl adjacent to an activating group) is 1. The monoisotopic (exact) mass is 435 g/mol. The maximum atomic E-state index is 12.8. The lowest BCUT2D eigenvalue weighted by molar-refractivity contribution is -0.132. The largest absolute Gasteiger partial charge is 0.444 e. The fraction of sp³-hybridized carbons (Fsp3) is 0.609. The maximum Gasteiger partial charge on any atom is 0.410 e. The van der Waals surface area contributed by atoms with Crippen molar-refractivity contribution >= 4 is 17.9 Å². The van der Waals surface area contributed by atoms with Crippen LogP contribution < -0.4 is 10.6 Å². The molecule has 8 heteroatoms. The number of amides is 3. The molecule has 0 saturated heterocycles. The summed E-state index contributed by atoms with van der Waals surface area (Å²) in [6, 6.07) is 8.69. The molecule has 0 saturated carbocycles. The van der Waals surface area contributed by atoms with Crippen molar-refractivity contribution in [2.45, 2.75) is 58.7 Å². The molecule has 0 aromatic heterocycles. The van der Waals surface area contributed by atoms with E-state index in [4.69, 9.17) is 9.47 Å². The summed E-state index contributed by atoms with van der Waals surface area (Å²) in [4.78, 5) is 38.8. The van der Waals surface area contributed by atoms with Crippen molar-refractivity contribution in [2.75, 3.05) is 27.3 Å². The van der Waals surface area contributed by atoms with Gasteiger partial charge in [-0.25, -0.2) is 4.79 Å². The van der Waals surface area contributed by atoms with E-state index in [1.807, 2.05) is 65.0 Å². The van der Waals surface area contributed by atoms with Gasteiger partial charge in [0.25, 0.3) is 0 Å². The number of hydrogen-bond donors (Lipinski definition) is 2. The second-order valence-electron chi connectivity index (χ2n) is 8.90. The van der Waals surface area contributed by atoms with Crippen molar-refractivity contribution in [3.63, 3.8) is 0 Å². The van der Waals surface area contributed by atoms with Gasteiger partial charge in [-0.15, -0.1) is 0 Å². The Hall–Kier alpha value is -2.61. The van der Waals surface area contributed by atoms with Crippen molar-refractivity contribution < 1.29 is 23.9 Å². The maximum absolute atomic E-state index is 12.8. The van der Waals surface area contributed by atoms with Gasteiger partial charge in [0.2, 0.25) is 11.8 Å². The first-order valence-electron chi connectivity index (χ1n) is 10.5. The topological polar surface area (TPSA) is 97.0 Å². The summed E-state index contributed by atoms with van der Waals surface area (Å²) in [6.07, 6.45) is 0.0793. The molecule has 0 bridgehead atoms. The zero-order valence-corrected chi connectivity index (χ0v) is 19.7. The van der Waals surface area contributed by atoms with Crippen molar-refractivity contribution in [1.82, 2.24) is 15.5 Å². The lowest BCUT2D eigenvalue weighted by atomic mass is 10.0. The smallest absolute Gasteiger partial charge is 0.410 e. The van der Waals surface area contributed by atoms with Gasteiger partial charge in [-0.1, -0.05) is 44.2 Å². The first-order valence-corrected chi connectivity index (χ1v) is 10.5. The minimum Gasteiger partial charge on any atom is -0.444 e. The molecular formula is C23H37N3O5. The van der Waals surface area contributed by atoms with Gasteiger partial charge in [-0.05, 0) is 38.7 Å². The van der Waals surface area contributed by atoms with Crippen LogP contribution in [0.1, 0.15) is 40.2 Å². The molecule has 31 heavy (non-hydrogen) atoms. The summed E-state index contributed by atoms with van der Waals surface area (Å²) >= 11 is 0. The number of hydrogen-bond acceptors (Lipinski definition) is 5. The Labute approximate surface area is 185 Å². The third kappa shape index (κ3) is 9.83. The number of benzene rings is 1. The summed E-state index contributed by atoms with van der Waals surface area (Å²) in [5.41, 5.74) is 0.409. The number of methoxy groups -OCH3 is 1. The van der Waals surface area contributed by atoms with E-state index < -0.39 is 17.7 Å². The molecule has 8 nitrogen and oxygen atoms in total. The van der Waals surface area contributed by atoms with Crippen molar-refractivity contribution in [3.8, 4) is 0 Å². The average Bonchev–Trinajstić information content (AvgIpc) is 2.68. The zero-order valence-electron chi connectivity index (χ0n) is 19.7. The van der Waals surface area contributed by atoms with Crippen molar-refractivity contribution in [3.05, 3.63) is 35.9 Å². The fourth-order valence-electron chi connectivity index (χ4n) is 2.92. The highest BCUT2D eigenvalue weighted by Gasteiger charge is 2.28. The van der Waals surface area contributed by atoms with E-state index in [0.29, 0.717) is 6.42 Å². The van der Waals surface area contributed by atoms with Crippen LogP contribution in [0.15, 0.2) is 30.3 Å². The molecule has 0 radical (unpaired) electrons. The van der Waals surface area contributed by atoms with Crippen LogP contribution in [0.25, 0.3) is 0 Å². The van der Waals surface area contributed by atoms with Crippen molar-refractivity contribution in [1.29, 1.82) is 0 Å². The summed E-state index contributed by atoms with van der Waals surface area (Å²) in [5, 5.41) is 5.58. The van der Waals surface area contributed by atoms with Crippen LogP contribution in [0.3, 0.4) is 0 Å². The number of ether oxygens (including phenoxy) is 2. The second kappa shape index (κ2) is 12.3. The van der Waals surface area contributed by atoms with Gasteiger partial charge in [0.15, 0.2) is 0 Å². The summed E-state index contributed by atoms with van der Waals surface area (Å²) in [5.74, 6) is -0.782. The van der Waals surface area contributed by atoms with E-state index in [-0.39, 0.29) is 36.9 Å². The van der Waals surface area contributed by atoms with E-state index in [2.05, 4.69) is 10.6 Å². The van der Waals surface area contributed by atoms with Gasteiger partial charge in [0, 0.05) is 20.7 Å².